The van der Waals surface area contributed by atoms with Gasteiger partial charge in [0.2, 0.25) is 0 Å². The molecule has 0 unspecified atom stereocenters. The Morgan fingerprint density at radius 1 is 1.24 bits per heavy atom. The molecule has 0 aliphatic rings. The highest BCUT2D eigenvalue weighted by Crippen LogP contribution is 2.28. The minimum Gasteiger partial charge on any atom is -0.497 e. The predicted octanol–water partition coefficient (Wildman–Crippen LogP) is 2.32. The number of benzene rings is 2. The summed E-state index contributed by atoms with van der Waals surface area (Å²) in [6, 6.07) is 9.81. The number of rotatable bonds is 7. The molecule has 0 bridgehead atoms. The van der Waals surface area contributed by atoms with Crippen LogP contribution < -0.4 is 14.8 Å². The minimum absolute atomic E-state index is 0.198. The van der Waals surface area contributed by atoms with E-state index in [1.54, 1.807) is 24.3 Å². The van der Waals surface area contributed by atoms with Crippen LogP contribution in [0.2, 0.25) is 0 Å². The molecule has 0 spiro atoms. The van der Waals surface area contributed by atoms with E-state index in [1.165, 1.54) is 7.11 Å². The molecule has 0 saturated carbocycles. The zero-order chi connectivity index (χ0) is 18.4. The molecule has 0 aliphatic heterocycles. The Bertz CT molecular complexity index is 820. The molecule has 130 valence electrons. The first-order valence-electron chi connectivity index (χ1n) is 6.99. The van der Waals surface area contributed by atoms with Crippen LogP contribution in [0.3, 0.4) is 0 Å². The Morgan fingerprint density at radius 2 is 2.00 bits per heavy atom. The third kappa shape index (κ3) is 4.67. The highest BCUT2D eigenvalue weighted by molar-refractivity contribution is 5.92. The van der Waals surface area contributed by atoms with Crippen LogP contribution in [-0.4, -0.2) is 35.6 Å². The van der Waals surface area contributed by atoms with Crippen molar-refractivity contribution in [3.63, 3.8) is 0 Å². The zero-order valence-corrected chi connectivity index (χ0v) is 13.1. The van der Waals surface area contributed by atoms with Gasteiger partial charge in [-0.15, -0.1) is 0 Å². The zero-order valence-electron chi connectivity index (χ0n) is 13.1. The third-order valence-electron chi connectivity index (χ3n) is 3.11. The second-order valence-electron chi connectivity index (χ2n) is 4.81. The normalized spacial score (nSPS) is 9.96. The first-order chi connectivity index (χ1) is 11.9. The summed E-state index contributed by atoms with van der Waals surface area (Å²) in [6.45, 7) is -0.482. The van der Waals surface area contributed by atoms with E-state index in [-0.39, 0.29) is 11.3 Å². The summed E-state index contributed by atoms with van der Waals surface area (Å²) in [4.78, 5) is 33.0. The first-order valence-corrected chi connectivity index (χ1v) is 6.99. The fourth-order valence-corrected chi connectivity index (χ4v) is 1.96. The van der Waals surface area contributed by atoms with Crippen LogP contribution in [-0.2, 0) is 4.79 Å². The van der Waals surface area contributed by atoms with Crippen molar-refractivity contribution in [1.82, 2.24) is 0 Å². The molecule has 2 rings (SSSR count). The molecule has 2 N–H and O–H groups in total. The number of nitrogens with one attached hydrogen (secondary N) is 1. The van der Waals surface area contributed by atoms with Crippen molar-refractivity contribution in [2.24, 2.45) is 0 Å². The van der Waals surface area contributed by atoms with Crippen LogP contribution in [0, 0.1) is 10.1 Å². The lowest BCUT2D eigenvalue weighted by atomic mass is 10.2. The van der Waals surface area contributed by atoms with Crippen LogP contribution >= 0.6 is 0 Å². The summed E-state index contributed by atoms with van der Waals surface area (Å²) in [5.74, 6) is -1.48. The van der Waals surface area contributed by atoms with Crippen LogP contribution in [0.25, 0.3) is 0 Å². The Labute approximate surface area is 141 Å². The Hall–Kier alpha value is -3.62. The van der Waals surface area contributed by atoms with Gasteiger partial charge in [-0.1, -0.05) is 6.07 Å². The lowest BCUT2D eigenvalue weighted by molar-refractivity contribution is -0.385. The van der Waals surface area contributed by atoms with Crippen molar-refractivity contribution in [3.8, 4) is 11.5 Å². The first kappa shape index (κ1) is 17.7. The smallest absolute Gasteiger partial charge is 0.335 e. The van der Waals surface area contributed by atoms with Gasteiger partial charge in [-0.25, -0.2) is 4.79 Å². The summed E-state index contributed by atoms with van der Waals surface area (Å²) in [6.07, 6.45) is 0. The summed E-state index contributed by atoms with van der Waals surface area (Å²) in [5.41, 5.74) is -0.308. The van der Waals surface area contributed by atoms with Gasteiger partial charge in [0, 0.05) is 17.8 Å². The summed E-state index contributed by atoms with van der Waals surface area (Å²) >= 11 is 0. The van der Waals surface area contributed by atoms with Crippen LogP contribution in [0.15, 0.2) is 42.5 Å². The molecule has 0 heterocycles. The average molecular weight is 346 g/mol. The molecule has 2 aromatic carbocycles. The molecular weight excluding hydrogens is 332 g/mol. The molecule has 0 radical (unpaired) electrons. The highest BCUT2D eigenvalue weighted by atomic mass is 16.6. The van der Waals surface area contributed by atoms with Crippen molar-refractivity contribution in [1.29, 1.82) is 0 Å². The van der Waals surface area contributed by atoms with Crippen molar-refractivity contribution >= 4 is 23.3 Å². The van der Waals surface area contributed by atoms with E-state index in [0.717, 1.165) is 18.2 Å². The number of ether oxygens (including phenoxy) is 2. The SMILES string of the molecule is COc1cccc(NC(=O)COc2ccc(C(=O)O)cc2[N+](=O)[O-])c1. The summed E-state index contributed by atoms with van der Waals surface area (Å²) in [7, 11) is 1.49. The van der Waals surface area contributed by atoms with Gasteiger partial charge in [0.25, 0.3) is 5.91 Å². The monoisotopic (exact) mass is 346 g/mol. The fraction of sp³-hybridized carbons (Fsp3) is 0.125. The quantitative estimate of drug-likeness (QED) is 0.581. The number of carboxylic acid groups (broad SMARTS) is 1. The van der Waals surface area contributed by atoms with Crippen molar-refractivity contribution in [2.75, 3.05) is 19.0 Å². The second-order valence-corrected chi connectivity index (χ2v) is 4.81. The molecule has 0 aliphatic carbocycles. The number of nitrogens with zero attached hydrogens (tertiary/aromatic N) is 1. The number of hydrogen-bond acceptors (Lipinski definition) is 6. The van der Waals surface area contributed by atoms with E-state index in [9.17, 15) is 19.7 Å². The number of hydrogen-bond donors (Lipinski definition) is 2. The summed E-state index contributed by atoms with van der Waals surface area (Å²) < 4.78 is 10.2. The third-order valence-corrected chi connectivity index (χ3v) is 3.11. The number of carboxylic acids is 1. The highest BCUT2D eigenvalue weighted by Gasteiger charge is 2.19. The van der Waals surface area contributed by atoms with E-state index in [2.05, 4.69) is 5.32 Å². The number of nitro groups is 1. The van der Waals surface area contributed by atoms with Crippen molar-refractivity contribution in [3.05, 3.63) is 58.1 Å². The van der Waals surface area contributed by atoms with E-state index in [0.29, 0.717) is 11.4 Å². The van der Waals surface area contributed by atoms with Gasteiger partial charge in [0.15, 0.2) is 12.4 Å². The Balaban J connectivity index is 2.06. The van der Waals surface area contributed by atoms with Crippen molar-refractivity contribution in [2.45, 2.75) is 0 Å². The molecule has 1 amide bonds. The topological polar surface area (TPSA) is 128 Å². The van der Waals surface area contributed by atoms with Gasteiger partial charge in [-0.05, 0) is 24.3 Å². The maximum absolute atomic E-state index is 11.9. The summed E-state index contributed by atoms with van der Waals surface area (Å²) in [5, 5.41) is 22.4. The van der Waals surface area contributed by atoms with Crippen molar-refractivity contribution < 1.29 is 29.1 Å². The number of carbonyl (C=O) groups is 2. The Morgan fingerprint density at radius 3 is 2.64 bits per heavy atom. The lowest BCUT2D eigenvalue weighted by Gasteiger charge is -2.09. The van der Waals surface area contributed by atoms with Crippen LogP contribution in [0.4, 0.5) is 11.4 Å². The maximum atomic E-state index is 11.9. The number of carbonyl (C=O) groups excluding carboxylic acids is 1. The largest absolute Gasteiger partial charge is 0.497 e. The Kier molecular flexibility index (Phi) is 5.51. The maximum Gasteiger partial charge on any atom is 0.335 e. The molecule has 0 aromatic heterocycles. The van der Waals surface area contributed by atoms with Gasteiger partial charge < -0.3 is 19.9 Å². The molecule has 25 heavy (non-hydrogen) atoms. The molecular formula is C16H14N2O7. The van der Waals surface area contributed by atoms with E-state index >= 15 is 0 Å². The molecule has 0 saturated heterocycles. The number of aromatic carboxylic acids is 1. The molecule has 9 heteroatoms. The molecule has 0 fully saturated rings. The molecule has 9 nitrogen and oxygen atoms in total. The standard InChI is InChI=1S/C16H14N2O7/c1-24-12-4-2-3-11(8-12)17-15(19)9-25-14-6-5-10(16(20)21)7-13(14)18(22)23/h2-8H,9H2,1H3,(H,17,19)(H,20,21). The number of anilines is 1. The van der Waals surface area contributed by atoms with E-state index < -0.39 is 29.1 Å². The lowest BCUT2D eigenvalue weighted by Crippen LogP contribution is -2.20. The predicted molar refractivity (Wildman–Crippen MR) is 87.2 cm³/mol. The van der Waals surface area contributed by atoms with E-state index in [1.807, 2.05) is 0 Å². The minimum atomic E-state index is -1.30. The number of methoxy groups -OCH3 is 1. The van der Waals surface area contributed by atoms with Crippen LogP contribution in [0.5, 0.6) is 11.5 Å². The average Bonchev–Trinajstić information content (AvgIpc) is 2.59. The van der Waals surface area contributed by atoms with Crippen LogP contribution in [0.1, 0.15) is 10.4 Å². The number of amides is 1. The van der Waals surface area contributed by atoms with E-state index in [4.69, 9.17) is 14.6 Å². The van der Waals surface area contributed by atoms with Gasteiger partial charge in [0.05, 0.1) is 17.6 Å². The molecule has 2 aromatic rings. The molecule has 0 atom stereocenters. The van der Waals surface area contributed by atoms with Gasteiger partial charge >= 0.3 is 11.7 Å². The number of nitro benzene ring substituents is 1. The fourth-order valence-electron chi connectivity index (χ4n) is 1.96. The second kappa shape index (κ2) is 7.77. The van der Waals surface area contributed by atoms with Gasteiger partial charge in [-0.2, -0.15) is 0 Å². The van der Waals surface area contributed by atoms with Gasteiger partial charge in [0.1, 0.15) is 5.75 Å². The van der Waals surface area contributed by atoms with Gasteiger partial charge in [-0.3, -0.25) is 14.9 Å².